The normalized spacial score (nSPS) is 14.6. The monoisotopic (exact) mass is 1920 g/mol. The second-order valence-electron chi connectivity index (χ2n) is 30.5. The highest BCUT2D eigenvalue weighted by Gasteiger charge is 2.45. The van der Waals surface area contributed by atoms with Gasteiger partial charge in [0.1, 0.15) is 23.7 Å². The van der Waals surface area contributed by atoms with E-state index in [0.29, 0.717) is 101 Å². The Morgan fingerprint density at radius 1 is 0.437 bits per heavy atom. The van der Waals surface area contributed by atoms with Gasteiger partial charge >= 0.3 is 60.0 Å². The number of carboxylic acids is 5. The van der Waals surface area contributed by atoms with Crippen molar-refractivity contribution in [2.45, 2.75) is 88.9 Å². The molecule has 54 heteroatoms. The van der Waals surface area contributed by atoms with Gasteiger partial charge in [0.2, 0.25) is 23.7 Å². The van der Waals surface area contributed by atoms with Gasteiger partial charge in [-0.1, -0.05) is 0 Å². The summed E-state index contributed by atoms with van der Waals surface area (Å²) in [6.45, 7) is 4.55. The molecule has 6 aromatic rings. The molecule has 0 radical (unpaired) electrons. The van der Waals surface area contributed by atoms with Crippen molar-refractivity contribution in [3.05, 3.63) is 104 Å². The van der Waals surface area contributed by atoms with Gasteiger partial charge in [-0.25, -0.2) is 29.5 Å². The maximum Gasteiger partial charge on any atom is 0.471 e. The molecule has 8 rings (SSSR count). The van der Waals surface area contributed by atoms with Crippen LogP contribution >= 0.6 is 0 Å². The van der Waals surface area contributed by atoms with Crippen molar-refractivity contribution < 1.29 is 143 Å². The van der Waals surface area contributed by atoms with Crippen molar-refractivity contribution in [1.29, 1.82) is 0 Å². The summed E-state index contributed by atoms with van der Waals surface area (Å²) in [6.07, 6.45) is -8.49. The molecule has 6 heterocycles. The van der Waals surface area contributed by atoms with Crippen LogP contribution in [0.2, 0.25) is 0 Å². The van der Waals surface area contributed by atoms with Gasteiger partial charge in [0.15, 0.2) is 22.3 Å². The molecule has 2 aliphatic rings. The number of nitrogen functional groups attached to an aromatic ring is 2. The van der Waals surface area contributed by atoms with Crippen LogP contribution in [-0.4, -0.2) is 393 Å². The van der Waals surface area contributed by atoms with Crippen LogP contribution < -0.4 is 53.7 Å². The lowest BCUT2D eigenvalue weighted by molar-refractivity contribution is -0.170. The first kappa shape index (κ1) is 109. The molecule has 48 nitrogen and oxygen atoms in total. The number of ketones is 2. The molecule has 2 fully saturated rings. The summed E-state index contributed by atoms with van der Waals surface area (Å²) in [6, 6.07) is 5.83. The Hall–Kier alpha value is -13.4. The van der Waals surface area contributed by atoms with Crippen molar-refractivity contribution in [2.75, 3.05) is 212 Å². The topological polar surface area (TPSA) is 655 Å². The smallest absolute Gasteiger partial charge is 0.471 e. The summed E-state index contributed by atoms with van der Waals surface area (Å²) in [5.41, 5.74) is 7.07. The Balaban J connectivity index is 0.000000368. The van der Waals surface area contributed by atoms with E-state index in [-0.39, 0.29) is 235 Å². The van der Waals surface area contributed by atoms with E-state index < -0.39 is 108 Å². The number of nitrogens with two attached hydrogens (primary N) is 2. The molecule has 2 aromatic carbocycles. The number of esters is 1. The number of benzene rings is 2. The third-order valence-electron chi connectivity index (χ3n) is 20.2. The Morgan fingerprint density at radius 2 is 0.748 bits per heavy atom. The third kappa shape index (κ3) is 39.0. The second-order valence-corrected chi connectivity index (χ2v) is 30.5. The van der Waals surface area contributed by atoms with Crippen LogP contribution in [0.3, 0.4) is 0 Å². The fourth-order valence-electron chi connectivity index (χ4n) is 13.4. The van der Waals surface area contributed by atoms with Gasteiger partial charge in [-0.3, -0.25) is 116 Å². The van der Waals surface area contributed by atoms with E-state index in [0.717, 1.165) is 68.0 Å². The van der Waals surface area contributed by atoms with Crippen LogP contribution in [0.15, 0.2) is 70.5 Å². The number of carbonyl (C=O) groups excluding carboxylic acids is 9. The molecule has 0 aliphatic carbocycles. The molecular weight excluding hydrogens is 1810 g/mol. The Bertz CT molecular complexity index is 5120. The maximum atomic E-state index is 13.7. The van der Waals surface area contributed by atoms with Crippen LogP contribution in [0.4, 0.5) is 49.6 Å². The number of fused-ring (bicyclic) bond motifs is 2. The number of amides is 6. The first-order valence-corrected chi connectivity index (χ1v) is 42.1. The highest BCUT2D eigenvalue weighted by atomic mass is 19.4. The number of carbonyl (C=O) groups is 14. The fourth-order valence-corrected chi connectivity index (χ4v) is 13.4. The quantitative estimate of drug-likeness (QED) is 0.0111. The number of rotatable bonds is 50. The molecule has 2 saturated heterocycles. The van der Waals surface area contributed by atoms with Crippen LogP contribution in [0.25, 0.3) is 22.3 Å². The number of hydrogen-bond acceptors (Lipinski definition) is 35. The predicted octanol–water partition coefficient (Wildman–Crippen LogP) is -2.03. The summed E-state index contributed by atoms with van der Waals surface area (Å²) in [5.74, 6) is -14.2. The Labute approximate surface area is 764 Å². The van der Waals surface area contributed by atoms with Gasteiger partial charge in [0, 0.05) is 153 Å². The number of ether oxygens (including phenoxy) is 5. The largest absolute Gasteiger partial charge is 0.480 e. The number of aromatic amines is 2. The molecule has 4 aromatic heterocycles. The summed E-state index contributed by atoms with van der Waals surface area (Å²) in [5, 5.41) is 56.8. The molecular formula is C81H106F6N22O26. The van der Waals surface area contributed by atoms with E-state index in [1.54, 1.807) is 19.6 Å². The minimum atomic E-state index is -5.33. The Morgan fingerprint density at radius 3 is 1.06 bits per heavy atom. The summed E-state index contributed by atoms with van der Waals surface area (Å²) in [4.78, 5) is 234. The zero-order chi connectivity index (χ0) is 98.9. The third-order valence-corrected chi connectivity index (χ3v) is 20.2. The number of carboxylic acid groups (broad SMARTS) is 5. The van der Waals surface area contributed by atoms with Crippen molar-refractivity contribution in [2.24, 2.45) is 0 Å². The van der Waals surface area contributed by atoms with Crippen LogP contribution in [-0.2, 0) is 94.3 Å². The number of hydrogen-bond donors (Lipinski definition) is 13. The van der Waals surface area contributed by atoms with Crippen LogP contribution in [0.5, 0.6) is 0 Å². The van der Waals surface area contributed by atoms with E-state index in [9.17, 15) is 129 Å². The van der Waals surface area contributed by atoms with Crippen LogP contribution in [0.1, 0.15) is 83.5 Å². The van der Waals surface area contributed by atoms with Crippen molar-refractivity contribution in [1.82, 2.24) is 90.5 Å². The number of H-pyrrole nitrogens is 2. The number of halogens is 6. The van der Waals surface area contributed by atoms with Gasteiger partial charge in [-0.15, -0.1) is 0 Å². The van der Waals surface area contributed by atoms with Crippen molar-refractivity contribution >= 4 is 128 Å². The second kappa shape index (κ2) is 54.7. The number of Topliss-reactive ketones (excluding diaryl/α,β-unsaturated/α-hetero) is 2. The molecule has 0 unspecified atom stereocenters. The average molecular weight is 1920 g/mol. The standard InChI is InChI=1S/C41H54F3N11O13.C40H52F3N11O13/c1-66-38(64)30(49-36(62)26-4-6-28(7-5-26)55(39(65)41(42,43)44)22-27-21-47-35-34(48-27)37(63)51-40(45)50-35)9-8-29(56)3-2-17-67-19-20-68-18-10-46-31(57)23-52-11-13-53(24-32(58)59)15-16-54(14-12-52)25-33(60)61;41-40(42,43)38(65)54(21-26-20-46-34-33(47-26)36(62)50-39(44)49-34)27-5-3-25(4-6-27)35(61)48-29(37(63)64)8-7-28(55)2-1-16-66-18-19-67-17-9-45-30(56)22-51-10-12-52(23-31(57)58)14-15-53(13-11-51)24-32(59)60/h4-7,21,30H,2-3,8-20,22-25H2,1H3,(H,46,57)(H,49,62)(H,58,59)(H,60,61)(H3,45,47,50,51,63);3-6,20,29H,1-2,7-19,21-24H2,(H,45,56)(H,48,61)(H,57,58)(H,59,60)(H,63,64)(H3,44,46,49,50,62)/t30-;29-/m00/s1. The minimum absolute atomic E-state index is 0.0302. The zero-order valence-corrected chi connectivity index (χ0v) is 73.3. The predicted molar refractivity (Wildman–Crippen MR) is 460 cm³/mol. The number of alkyl halides is 6. The molecule has 6 amide bonds. The highest BCUT2D eigenvalue weighted by Crippen LogP contribution is 2.29. The van der Waals surface area contributed by atoms with Gasteiger partial charge < -0.3 is 82.0 Å². The maximum absolute atomic E-state index is 13.7. The highest BCUT2D eigenvalue weighted by molar-refractivity contribution is 6.01. The lowest BCUT2D eigenvalue weighted by Crippen LogP contribution is -2.43. The molecule has 738 valence electrons. The fraction of sp³-hybridized carbons (Fsp3) is 0.531. The summed E-state index contributed by atoms with van der Waals surface area (Å²) < 4.78 is 109. The molecule has 135 heavy (non-hydrogen) atoms. The van der Waals surface area contributed by atoms with E-state index in [4.69, 9.17) is 35.2 Å². The number of aliphatic carboxylic acids is 5. The number of methoxy groups -OCH3 is 1. The lowest BCUT2D eigenvalue weighted by atomic mass is 10.1. The zero-order valence-electron chi connectivity index (χ0n) is 73.3. The first-order chi connectivity index (χ1) is 64.1. The minimum Gasteiger partial charge on any atom is -0.480 e. The molecule has 0 saturated carbocycles. The van der Waals surface area contributed by atoms with E-state index in [1.807, 2.05) is 9.80 Å². The van der Waals surface area contributed by atoms with E-state index >= 15 is 0 Å². The van der Waals surface area contributed by atoms with E-state index in [2.05, 4.69) is 61.1 Å². The lowest BCUT2D eigenvalue weighted by Gasteiger charge is -2.24. The van der Waals surface area contributed by atoms with Gasteiger partial charge in [0.05, 0.1) is 123 Å². The van der Waals surface area contributed by atoms with Crippen molar-refractivity contribution in [3.8, 4) is 0 Å². The molecule has 15 N–H and O–H groups in total. The number of nitrogens with one attached hydrogen (secondary N) is 6. The first-order valence-electron chi connectivity index (χ1n) is 42.1. The average Bonchev–Trinajstić information content (AvgIpc) is 0.926. The number of aromatic nitrogens is 8. The number of nitrogens with zero attached hydrogens (tertiary/aromatic N) is 14. The molecule has 2 aliphatic heterocycles. The van der Waals surface area contributed by atoms with Gasteiger partial charge in [-0.05, 0) is 74.2 Å². The SMILES string of the molecule is COC(=O)[C@H](CCC(=O)CCCOCCOCCNC(=O)CN1CCN(CC(=O)O)CCN(CC(=O)O)CC1)NC(=O)c1ccc(N(Cc2cnc3nc(N)[nH]c(=O)c3n2)C(=O)C(F)(F)F)cc1.Nc1nc2ncc(CN(C(=O)C(F)(F)F)c3ccc(C(=O)N[C@@H](CCC(=O)CCCOCCOCCNC(=O)CN4CCN(CC(=O)O)CCN(CC(=O)O)CC4)C(=O)O)cc3)nc2c(=O)[nH]1. The molecule has 2 atom stereocenters. The number of anilines is 4. The molecule has 0 bridgehead atoms. The summed E-state index contributed by atoms with van der Waals surface area (Å²) >= 11 is 0. The Kier molecular flexibility index (Phi) is 44.0. The van der Waals surface area contributed by atoms with Crippen molar-refractivity contribution in [3.63, 3.8) is 0 Å². The summed E-state index contributed by atoms with van der Waals surface area (Å²) in [7, 11) is 1.09. The van der Waals surface area contributed by atoms with Gasteiger partial charge in [-0.2, -0.15) is 36.3 Å². The van der Waals surface area contributed by atoms with Gasteiger partial charge in [0.25, 0.3) is 22.9 Å². The molecule has 0 spiro atoms. The van der Waals surface area contributed by atoms with Crippen LogP contribution in [0, 0.1) is 0 Å². The van der Waals surface area contributed by atoms with E-state index in [1.165, 1.54) is 0 Å².